The van der Waals surface area contributed by atoms with Crippen LogP contribution in [0.5, 0.6) is 0 Å². The van der Waals surface area contributed by atoms with Gasteiger partial charge < -0.3 is 0 Å². The number of hydrogen-bond donors (Lipinski definition) is 0. The van der Waals surface area contributed by atoms with Crippen molar-refractivity contribution in [1.82, 2.24) is 9.97 Å². The molecule has 0 aliphatic carbocycles. The fourth-order valence-corrected chi connectivity index (χ4v) is 1.28. The molecule has 0 aliphatic rings. The van der Waals surface area contributed by atoms with E-state index < -0.39 is 5.82 Å². The quantitative estimate of drug-likeness (QED) is 0.700. The number of rotatable bonds is 2. The first kappa shape index (κ1) is 9.45. The van der Waals surface area contributed by atoms with Gasteiger partial charge in [-0.2, -0.15) is 0 Å². The minimum absolute atomic E-state index is 0.390. The first-order valence-corrected chi connectivity index (χ1v) is 4.31. The Kier molecular flexibility index (Phi) is 2.49. The summed E-state index contributed by atoms with van der Waals surface area (Å²) in [7, 11) is 0. The number of nitrogens with zero attached hydrogens (tertiary/aromatic N) is 2. The third kappa shape index (κ3) is 1.88. The molecule has 0 fully saturated rings. The van der Waals surface area contributed by atoms with Gasteiger partial charge in [-0.3, -0.25) is 14.8 Å². The van der Waals surface area contributed by atoms with E-state index in [2.05, 4.69) is 9.97 Å². The lowest BCUT2D eigenvalue weighted by molar-refractivity contribution is 0.112. The molecule has 0 aliphatic heterocycles. The summed E-state index contributed by atoms with van der Waals surface area (Å²) in [5.74, 6) is -0.428. The highest BCUT2D eigenvalue weighted by Gasteiger charge is 2.05. The third-order valence-corrected chi connectivity index (χ3v) is 1.98. The van der Waals surface area contributed by atoms with Gasteiger partial charge in [0.15, 0.2) is 6.29 Å². The lowest BCUT2D eigenvalue weighted by atomic mass is 10.1. The lowest BCUT2D eigenvalue weighted by Gasteiger charge is -2.02. The average Bonchev–Trinajstić information content (AvgIpc) is 2.30. The first-order chi connectivity index (χ1) is 7.31. The van der Waals surface area contributed by atoms with Crippen LogP contribution < -0.4 is 0 Å². The molecule has 74 valence electrons. The highest BCUT2D eigenvalue weighted by molar-refractivity contribution is 5.77. The molecular weight excluding hydrogens is 195 g/mol. The maximum absolute atomic E-state index is 13.3. The zero-order valence-electron chi connectivity index (χ0n) is 7.72. The Hall–Kier alpha value is -2.10. The van der Waals surface area contributed by atoms with Crippen LogP contribution in [-0.4, -0.2) is 16.3 Å². The summed E-state index contributed by atoms with van der Waals surface area (Å²) >= 11 is 0. The summed E-state index contributed by atoms with van der Waals surface area (Å²) in [5, 5.41) is 0. The Morgan fingerprint density at radius 2 is 2.07 bits per heavy atom. The molecule has 0 atom stereocenters. The van der Waals surface area contributed by atoms with E-state index in [4.69, 9.17) is 0 Å². The highest BCUT2D eigenvalue weighted by Crippen LogP contribution is 2.20. The topological polar surface area (TPSA) is 42.9 Å². The summed E-state index contributed by atoms with van der Waals surface area (Å²) in [6.07, 6.45) is 6.23. The SMILES string of the molecule is O=Cc1cncc(-c2ccncc2F)c1. The van der Waals surface area contributed by atoms with Gasteiger partial charge in [-0.1, -0.05) is 0 Å². The van der Waals surface area contributed by atoms with Crippen molar-refractivity contribution in [3.8, 4) is 11.1 Å². The van der Waals surface area contributed by atoms with Gasteiger partial charge in [0, 0.05) is 35.3 Å². The number of pyridine rings is 2. The van der Waals surface area contributed by atoms with Gasteiger partial charge in [-0.15, -0.1) is 0 Å². The second kappa shape index (κ2) is 3.96. The third-order valence-electron chi connectivity index (χ3n) is 1.98. The second-order valence-electron chi connectivity index (χ2n) is 2.98. The summed E-state index contributed by atoms with van der Waals surface area (Å²) < 4.78 is 13.3. The zero-order chi connectivity index (χ0) is 10.7. The Bertz CT molecular complexity index is 499. The van der Waals surface area contributed by atoms with Crippen LogP contribution >= 0.6 is 0 Å². The number of aromatic nitrogens is 2. The number of hydrogen-bond acceptors (Lipinski definition) is 3. The molecule has 0 bridgehead atoms. The monoisotopic (exact) mass is 202 g/mol. The van der Waals surface area contributed by atoms with Gasteiger partial charge in [0.2, 0.25) is 0 Å². The lowest BCUT2D eigenvalue weighted by Crippen LogP contribution is -1.89. The van der Waals surface area contributed by atoms with Crippen LogP contribution in [0.3, 0.4) is 0 Å². The fraction of sp³-hybridized carbons (Fsp3) is 0. The van der Waals surface area contributed by atoms with Gasteiger partial charge in [-0.05, 0) is 12.1 Å². The molecule has 0 unspecified atom stereocenters. The molecule has 0 saturated heterocycles. The van der Waals surface area contributed by atoms with Crippen LogP contribution in [-0.2, 0) is 0 Å². The largest absolute Gasteiger partial charge is 0.298 e. The van der Waals surface area contributed by atoms with Crippen molar-refractivity contribution in [2.75, 3.05) is 0 Å². The van der Waals surface area contributed by atoms with Crippen LogP contribution in [0.2, 0.25) is 0 Å². The molecule has 2 heterocycles. The van der Waals surface area contributed by atoms with E-state index in [-0.39, 0.29) is 0 Å². The summed E-state index contributed by atoms with van der Waals surface area (Å²) in [6.45, 7) is 0. The van der Waals surface area contributed by atoms with E-state index in [1.165, 1.54) is 18.6 Å². The standard InChI is InChI=1S/C11H7FN2O/c12-11-6-13-2-1-10(11)9-3-8(7-15)4-14-5-9/h1-7H. The van der Waals surface area contributed by atoms with Crippen molar-refractivity contribution in [3.63, 3.8) is 0 Å². The van der Waals surface area contributed by atoms with E-state index in [0.717, 1.165) is 6.20 Å². The van der Waals surface area contributed by atoms with E-state index in [0.29, 0.717) is 23.0 Å². The molecule has 4 heteroatoms. The number of aldehydes is 1. The molecule has 2 aromatic heterocycles. The molecule has 0 spiro atoms. The molecular formula is C11H7FN2O. The van der Waals surface area contributed by atoms with Crippen LogP contribution in [0.1, 0.15) is 10.4 Å². The molecule has 0 amide bonds. The van der Waals surface area contributed by atoms with Crippen molar-refractivity contribution >= 4 is 6.29 Å². The van der Waals surface area contributed by atoms with Crippen molar-refractivity contribution in [2.45, 2.75) is 0 Å². The van der Waals surface area contributed by atoms with Crippen molar-refractivity contribution in [3.05, 3.63) is 48.3 Å². The van der Waals surface area contributed by atoms with Crippen LogP contribution in [0.15, 0.2) is 36.9 Å². The number of halogens is 1. The van der Waals surface area contributed by atoms with E-state index >= 15 is 0 Å². The molecule has 15 heavy (non-hydrogen) atoms. The van der Waals surface area contributed by atoms with Gasteiger partial charge in [0.1, 0.15) is 5.82 Å². The maximum atomic E-state index is 13.3. The second-order valence-corrected chi connectivity index (χ2v) is 2.98. The molecule has 3 nitrogen and oxygen atoms in total. The normalized spacial score (nSPS) is 9.93. The van der Waals surface area contributed by atoms with E-state index in [1.807, 2.05) is 0 Å². The molecule has 0 radical (unpaired) electrons. The Morgan fingerprint density at radius 3 is 2.80 bits per heavy atom. The molecule has 0 N–H and O–H groups in total. The smallest absolute Gasteiger partial charge is 0.151 e. The molecule has 0 saturated carbocycles. The highest BCUT2D eigenvalue weighted by atomic mass is 19.1. The maximum Gasteiger partial charge on any atom is 0.151 e. The minimum Gasteiger partial charge on any atom is -0.298 e. The van der Waals surface area contributed by atoms with Crippen LogP contribution in [0, 0.1) is 5.82 Å². The summed E-state index contributed by atoms with van der Waals surface area (Å²) in [6, 6.07) is 3.12. The van der Waals surface area contributed by atoms with E-state index in [9.17, 15) is 9.18 Å². The molecule has 2 rings (SSSR count). The van der Waals surface area contributed by atoms with Gasteiger partial charge in [0.05, 0.1) is 6.20 Å². The minimum atomic E-state index is -0.428. The molecule has 0 aromatic carbocycles. The van der Waals surface area contributed by atoms with Gasteiger partial charge in [-0.25, -0.2) is 4.39 Å². The van der Waals surface area contributed by atoms with Gasteiger partial charge >= 0.3 is 0 Å². The van der Waals surface area contributed by atoms with Crippen molar-refractivity contribution in [1.29, 1.82) is 0 Å². The number of carbonyl (C=O) groups excluding carboxylic acids is 1. The zero-order valence-corrected chi connectivity index (χ0v) is 7.72. The first-order valence-electron chi connectivity index (χ1n) is 4.31. The van der Waals surface area contributed by atoms with Crippen LogP contribution in [0.4, 0.5) is 4.39 Å². The summed E-state index contributed by atoms with van der Waals surface area (Å²) in [5.41, 5.74) is 1.38. The predicted octanol–water partition coefficient (Wildman–Crippen LogP) is 2.10. The predicted molar refractivity (Wildman–Crippen MR) is 52.8 cm³/mol. The Balaban J connectivity index is 2.54. The Labute approximate surface area is 85.6 Å². The molecule has 2 aromatic rings. The average molecular weight is 202 g/mol. The van der Waals surface area contributed by atoms with Crippen LogP contribution in [0.25, 0.3) is 11.1 Å². The Morgan fingerprint density at radius 1 is 1.20 bits per heavy atom. The van der Waals surface area contributed by atoms with Gasteiger partial charge in [0.25, 0.3) is 0 Å². The summed E-state index contributed by atoms with van der Waals surface area (Å²) in [4.78, 5) is 18.0. The fourth-order valence-electron chi connectivity index (χ4n) is 1.28. The van der Waals surface area contributed by atoms with E-state index in [1.54, 1.807) is 12.1 Å². The van der Waals surface area contributed by atoms with Crippen molar-refractivity contribution < 1.29 is 9.18 Å². The number of carbonyl (C=O) groups is 1. The van der Waals surface area contributed by atoms with Crippen molar-refractivity contribution in [2.24, 2.45) is 0 Å².